The van der Waals surface area contributed by atoms with Gasteiger partial charge in [-0.25, -0.2) is 18.4 Å². The van der Waals surface area contributed by atoms with Crippen LogP contribution in [0.3, 0.4) is 0 Å². The highest BCUT2D eigenvalue weighted by molar-refractivity contribution is 7.93. The Morgan fingerprint density at radius 1 is 1.08 bits per heavy atom. The maximum absolute atomic E-state index is 13.7. The third kappa shape index (κ3) is 4.31. The van der Waals surface area contributed by atoms with Crippen molar-refractivity contribution in [3.63, 3.8) is 0 Å². The predicted octanol–water partition coefficient (Wildman–Crippen LogP) is 4.64. The van der Waals surface area contributed by atoms with E-state index in [4.69, 9.17) is 0 Å². The van der Waals surface area contributed by atoms with Crippen LogP contribution in [-0.2, 0) is 16.0 Å². The molecule has 2 saturated heterocycles. The predicted molar refractivity (Wildman–Crippen MR) is 132 cm³/mol. The van der Waals surface area contributed by atoms with E-state index in [9.17, 15) is 21.6 Å². The fourth-order valence-electron chi connectivity index (χ4n) is 5.65. The first-order chi connectivity index (χ1) is 17.1. The molecule has 0 spiro atoms. The molecule has 4 heterocycles. The van der Waals surface area contributed by atoms with E-state index >= 15 is 0 Å². The summed E-state index contributed by atoms with van der Waals surface area (Å²) in [5.41, 5.74) is -0.262. The molecule has 7 nitrogen and oxygen atoms in total. The van der Waals surface area contributed by atoms with Gasteiger partial charge in [-0.2, -0.15) is 18.2 Å². The van der Waals surface area contributed by atoms with Gasteiger partial charge in [0.05, 0.1) is 16.0 Å². The van der Waals surface area contributed by atoms with Gasteiger partial charge in [-0.3, -0.25) is 0 Å². The summed E-state index contributed by atoms with van der Waals surface area (Å²) >= 11 is 1.18. The van der Waals surface area contributed by atoms with E-state index in [0.717, 1.165) is 30.0 Å². The Morgan fingerprint density at radius 2 is 1.83 bits per heavy atom. The number of rotatable bonds is 5. The van der Waals surface area contributed by atoms with Gasteiger partial charge in [0.15, 0.2) is 5.69 Å². The highest BCUT2D eigenvalue weighted by Gasteiger charge is 2.57. The van der Waals surface area contributed by atoms with E-state index in [1.807, 2.05) is 34.9 Å². The minimum Gasteiger partial charge on any atom is -0.356 e. The van der Waals surface area contributed by atoms with Crippen LogP contribution in [0.2, 0.25) is 0 Å². The largest absolute Gasteiger partial charge is 0.433 e. The summed E-state index contributed by atoms with van der Waals surface area (Å²) in [6, 6.07) is 8.43. The molecule has 2 aliphatic heterocycles. The van der Waals surface area contributed by atoms with E-state index in [0.29, 0.717) is 25.2 Å². The first-order valence-electron chi connectivity index (χ1n) is 12.2. The average molecular weight is 538 g/mol. The molecule has 4 atom stereocenters. The van der Waals surface area contributed by atoms with Crippen molar-refractivity contribution in [3.05, 3.63) is 36.0 Å². The number of halogens is 3. The van der Waals surface area contributed by atoms with Crippen molar-refractivity contribution < 1.29 is 21.6 Å². The molecule has 0 radical (unpaired) electrons. The second-order valence-corrected chi connectivity index (χ2v) is 13.3. The summed E-state index contributed by atoms with van der Waals surface area (Å²) in [4.78, 5) is 16.4. The number of hydrogen-bond donors (Lipinski definition) is 0. The number of nitrogens with zero attached hydrogens (tertiary/aromatic N) is 5. The summed E-state index contributed by atoms with van der Waals surface area (Å²) in [6.45, 7) is 3.62. The van der Waals surface area contributed by atoms with Crippen molar-refractivity contribution >= 4 is 43.2 Å². The first kappa shape index (κ1) is 23.9. The van der Waals surface area contributed by atoms with Crippen molar-refractivity contribution in [3.8, 4) is 0 Å². The van der Waals surface area contributed by atoms with E-state index in [2.05, 4.69) is 15.0 Å². The van der Waals surface area contributed by atoms with Crippen molar-refractivity contribution in [2.45, 2.75) is 42.7 Å². The Labute approximate surface area is 211 Å². The van der Waals surface area contributed by atoms with Gasteiger partial charge >= 0.3 is 6.18 Å². The van der Waals surface area contributed by atoms with Gasteiger partial charge in [0.1, 0.15) is 5.82 Å². The van der Waals surface area contributed by atoms with Crippen LogP contribution in [0.1, 0.15) is 31.9 Å². The minimum atomic E-state index is -4.57. The van der Waals surface area contributed by atoms with E-state index < -0.39 is 21.7 Å². The molecule has 3 fully saturated rings. The van der Waals surface area contributed by atoms with Crippen LogP contribution in [0.4, 0.5) is 24.9 Å². The lowest BCUT2D eigenvalue weighted by Gasteiger charge is -2.34. The number of thiazole rings is 1. The van der Waals surface area contributed by atoms with Gasteiger partial charge in [-0.15, -0.1) is 11.3 Å². The molecule has 0 unspecified atom stereocenters. The first-order valence-corrected chi connectivity index (χ1v) is 14.6. The number of fused-ring (bicyclic) bond motifs is 2. The zero-order valence-electron chi connectivity index (χ0n) is 19.6. The van der Waals surface area contributed by atoms with Crippen LogP contribution >= 0.6 is 11.3 Å². The number of sulfone groups is 1. The molecule has 36 heavy (non-hydrogen) atoms. The SMILES string of the molecule is C[C@H]1CCCCN1c1nc(N2C[C@@H]3[C@H](C2)[C@H]3CS(=O)(=O)c2nc3ccccc3s2)cc(C(F)(F)F)n1. The summed E-state index contributed by atoms with van der Waals surface area (Å²) in [5, 5.41) is 0. The molecule has 1 aliphatic carbocycles. The lowest BCUT2D eigenvalue weighted by atomic mass is 10.0. The minimum absolute atomic E-state index is 0.0104. The fourth-order valence-corrected chi connectivity index (χ4v) is 8.70. The molecular formula is C24H26F3N5O2S2. The zero-order valence-corrected chi connectivity index (χ0v) is 21.3. The summed E-state index contributed by atoms with van der Waals surface area (Å²) in [6.07, 6.45) is -1.73. The molecule has 12 heteroatoms. The molecule has 2 aromatic heterocycles. The number of hydrogen-bond acceptors (Lipinski definition) is 8. The molecule has 1 aromatic carbocycles. The van der Waals surface area contributed by atoms with Gasteiger partial charge in [-0.05, 0) is 56.1 Å². The monoisotopic (exact) mass is 537 g/mol. The van der Waals surface area contributed by atoms with E-state index in [1.54, 1.807) is 6.07 Å². The normalized spacial score (nSPS) is 26.4. The Kier molecular flexibility index (Phi) is 5.67. The van der Waals surface area contributed by atoms with Crippen LogP contribution in [-0.4, -0.2) is 54.8 Å². The van der Waals surface area contributed by atoms with Crippen LogP contribution < -0.4 is 9.80 Å². The van der Waals surface area contributed by atoms with Gasteiger partial charge < -0.3 is 9.80 Å². The maximum Gasteiger partial charge on any atom is 0.433 e. The van der Waals surface area contributed by atoms with Gasteiger partial charge in [0.25, 0.3) is 0 Å². The lowest BCUT2D eigenvalue weighted by Crippen LogP contribution is -2.39. The Balaban J connectivity index is 1.19. The molecular weight excluding hydrogens is 511 g/mol. The molecule has 3 aromatic rings. The summed E-state index contributed by atoms with van der Waals surface area (Å²) < 4.78 is 68.0. The Bertz CT molecular complexity index is 1370. The number of para-hydroxylation sites is 1. The molecule has 1 saturated carbocycles. The second-order valence-electron chi connectivity index (χ2n) is 10.1. The lowest BCUT2D eigenvalue weighted by molar-refractivity contribution is -0.141. The molecule has 0 amide bonds. The molecule has 0 bridgehead atoms. The van der Waals surface area contributed by atoms with E-state index in [-0.39, 0.29) is 45.7 Å². The van der Waals surface area contributed by atoms with Crippen LogP contribution in [0, 0.1) is 17.8 Å². The second kappa shape index (κ2) is 8.54. The van der Waals surface area contributed by atoms with Gasteiger partial charge in [0, 0.05) is 31.7 Å². The molecule has 192 valence electrons. The summed E-state index contributed by atoms with van der Waals surface area (Å²) in [7, 11) is -3.53. The van der Waals surface area contributed by atoms with Crippen molar-refractivity contribution in [1.82, 2.24) is 15.0 Å². The highest BCUT2D eigenvalue weighted by Crippen LogP contribution is 2.53. The zero-order chi connectivity index (χ0) is 25.2. The third-order valence-corrected chi connectivity index (χ3v) is 11.0. The van der Waals surface area contributed by atoms with Crippen LogP contribution in [0.5, 0.6) is 0 Å². The molecule has 3 aliphatic rings. The average Bonchev–Trinajstić information content (AvgIpc) is 3.21. The maximum atomic E-state index is 13.7. The van der Waals surface area contributed by atoms with Crippen molar-refractivity contribution in [2.75, 3.05) is 35.2 Å². The number of anilines is 2. The molecule has 6 rings (SSSR count). The smallest absolute Gasteiger partial charge is 0.356 e. The fraction of sp³-hybridized carbons (Fsp3) is 0.542. The topological polar surface area (TPSA) is 79.3 Å². The standard InChI is InChI=1S/C24H26F3N5O2S2/c1-14-6-4-5-9-32(14)22-29-20(24(25,26)27)10-21(30-22)31-11-15-16(12-31)17(15)13-36(33,34)23-28-18-7-2-3-8-19(18)35-23/h2-3,7-8,10,14-17H,4-6,9,11-13H2,1H3/t14-,15-,16+,17+/m0/s1. The van der Waals surface area contributed by atoms with Gasteiger partial charge in [-0.1, -0.05) is 12.1 Å². The number of piperidine rings is 2. The van der Waals surface area contributed by atoms with Crippen LogP contribution in [0.15, 0.2) is 34.7 Å². The Morgan fingerprint density at radius 3 is 2.53 bits per heavy atom. The van der Waals surface area contributed by atoms with Crippen LogP contribution in [0.25, 0.3) is 10.2 Å². The number of aromatic nitrogens is 3. The Hall–Kier alpha value is -2.47. The quantitative estimate of drug-likeness (QED) is 0.469. The van der Waals surface area contributed by atoms with Crippen molar-refractivity contribution in [1.29, 1.82) is 0 Å². The van der Waals surface area contributed by atoms with Gasteiger partial charge in [0.2, 0.25) is 20.1 Å². The van der Waals surface area contributed by atoms with E-state index in [1.165, 1.54) is 11.3 Å². The molecule has 0 N–H and O–H groups in total. The third-order valence-electron chi connectivity index (χ3n) is 7.70. The summed E-state index contributed by atoms with van der Waals surface area (Å²) in [5.74, 6) is 0.646. The number of alkyl halides is 3. The number of benzene rings is 1. The van der Waals surface area contributed by atoms with Crippen molar-refractivity contribution in [2.24, 2.45) is 17.8 Å². The highest BCUT2D eigenvalue weighted by atomic mass is 32.2.